The minimum atomic E-state index is -1.54. The van der Waals surface area contributed by atoms with E-state index in [2.05, 4.69) is 26.1 Å². The Hall–Kier alpha value is -2.77. The number of aromatic nitrogens is 2. The number of carbonyl (C=O) groups excluding carboxylic acids is 2. The van der Waals surface area contributed by atoms with Gasteiger partial charge in [-0.1, -0.05) is 0 Å². The number of hydrogen-bond donors (Lipinski definition) is 6. The molecule has 1 aromatic rings. The molecule has 13 nitrogen and oxygen atoms in total. The molecule has 1 aliphatic rings. The Balaban J connectivity index is 2.08. The summed E-state index contributed by atoms with van der Waals surface area (Å²) < 4.78 is 10.8. The maximum Gasteiger partial charge on any atom is 0.328 e. The first-order chi connectivity index (χ1) is 12.8. The van der Waals surface area contributed by atoms with Crippen molar-refractivity contribution in [3.63, 3.8) is 0 Å². The molecule has 2 heterocycles. The molecule has 1 aromatic heterocycles. The van der Waals surface area contributed by atoms with Gasteiger partial charge >= 0.3 is 12.0 Å². The van der Waals surface area contributed by atoms with Gasteiger partial charge in [-0.3, -0.25) is 4.79 Å². The van der Waals surface area contributed by atoms with Crippen molar-refractivity contribution in [1.82, 2.24) is 26.1 Å². The Kier molecular flexibility index (Phi) is 7.04. The van der Waals surface area contributed by atoms with Crippen LogP contribution in [0.15, 0.2) is 4.42 Å². The number of nitrogens with zero attached hydrogens (tertiary/aromatic N) is 2. The Labute approximate surface area is 153 Å². The highest BCUT2D eigenvalue weighted by molar-refractivity contribution is 5.83. The summed E-state index contributed by atoms with van der Waals surface area (Å²) in [5.74, 6) is -2.02. The highest BCUT2D eigenvalue weighted by atomic mass is 16.5. The van der Waals surface area contributed by atoms with E-state index in [4.69, 9.17) is 20.0 Å². The smallest absolute Gasteiger partial charge is 0.328 e. The van der Waals surface area contributed by atoms with Crippen molar-refractivity contribution in [2.75, 3.05) is 19.8 Å². The molecule has 0 spiro atoms. The van der Waals surface area contributed by atoms with Gasteiger partial charge in [0.25, 0.3) is 0 Å². The predicted octanol–water partition coefficient (Wildman–Crippen LogP) is -2.22. The molecule has 0 bridgehead atoms. The molecule has 27 heavy (non-hydrogen) atoms. The van der Waals surface area contributed by atoms with E-state index in [0.29, 0.717) is 19.8 Å². The number of nitrogens with one attached hydrogen (secondary N) is 3. The number of carboxylic acid groups (broad SMARTS) is 1. The van der Waals surface area contributed by atoms with Crippen LogP contribution >= 0.6 is 0 Å². The number of morpholine rings is 1. The van der Waals surface area contributed by atoms with Crippen LogP contribution in [-0.2, 0) is 14.3 Å². The maximum absolute atomic E-state index is 12.1. The van der Waals surface area contributed by atoms with Crippen molar-refractivity contribution < 1.29 is 33.8 Å². The van der Waals surface area contributed by atoms with E-state index in [1.165, 1.54) is 6.92 Å². The standard InChI is InChI=1S/C14H22N6O7/c1-6(21)10(13(23)24)18-14(25)17-7(4-9(15)22)11-19-20-12(27-11)8-5-26-3-2-16-8/h6-8,10,16,21H,2-5H2,1H3,(H2,15,22)(H,23,24)(H2,17,18,25)/t6?,7-,8-,10?/m0/s1. The second-order valence-corrected chi connectivity index (χ2v) is 5.96. The molecular formula is C14H22N6O7. The molecule has 1 fully saturated rings. The van der Waals surface area contributed by atoms with Gasteiger partial charge in [-0.15, -0.1) is 10.2 Å². The molecule has 150 valence electrons. The normalized spacial score (nSPS) is 20.3. The van der Waals surface area contributed by atoms with Crippen LogP contribution in [0.25, 0.3) is 0 Å². The summed E-state index contributed by atoms with van der Waals surface area (Å²) in [6.45, 7) is 2.69. The van der Waals surface area contributed by atoms with Gasteiger partial charge in [-0.2, -0.15) is 0 Å². The zero-order chi connectivity index (χ0) is 20.0. The van der Waals surface area contributed by atoms with Gasteiger partial charge in [0.2, 0.25) is 17.7 Å². The fraction of sp³-hybridized carbons (Fsp3) is 0.643. The lowest BCUT2D eigenvalue weighted by Gasteiger charge is -2.21. The van der Waals surface area contributed by atoms with Crippen LogP contribution in [0.4, 0.5) is 4.79 Å². The molecular weight excluding hydrogens is 364 g/mol. The molecule has 0 aliphatic carbocycles. The number of primary amides is 1. The zero-order valence-corrected chi connectivity index (χ0v) is 14.5. The zero-order valence-electron chi connectivity index (χ0n) is 14.5. The van der Waals surface area contributed by atoms with Gasteiger partial charge in [0.15, 0.2) is 6.04 Å². The number of carboxylic acids is 1. The first-order valence-corrected chi connectivity index (χ1v) is 8.18. The van der Waals surface area contributed by atoms with Crippen molar-refractivity contribution in [3.05, 3.63) is 11.8 Å². The lowest BCUT2D eigenvalue weighted by Crippen LogP contribution is -2.52. The minimum absolute atomic E-state index is 0.0738. The number of aliphatic carboxylic acids is 1. The molecule has 1 saturated heterocycles. The molecule has 2 rings (SSSR count). The van der Waals surface area contributed by atoms with Gasteiger partial charge in [-0.05, 0) is 6.92 Å². The molecule has 13 heteroatoms. The number of aliphatic hydroxyl groups excluding tert-OH is 1. The second kappa shape index (κ2) is 9.25. The van der Waals surface area contributed by atoms with Crippen LogP contribution in [0, 0.1) is 0 Å². The van der Waals surface area contributed by atoms with E-state index in [0.717, 1.165) is 0 Å². The van der Waals surface area contributed by atoms with Gasteiger partial charge in [0, 0.05) is 6.54 Å². The number of ether oxygens (including phenoxy) is 1. The quantitative estimate of drug-likeness (QED) is 0.284. The summed E-state index contributed by atoms with van der Waals surface area (Å²) in [5, 5.41) is 33.7. The SMILES string of the molecule is CC(O)C(NC(=O)N[C@@H](CC(N)=O)c1nnc([C@@H]2COCCN2)o1)C(=O)O. The second-order valence-electron chi connectivity index (χ2n) is 5.96. The third kappa shape index (κ3) is 5.87. The van der Waals surface area contributed by atoms with E-state index < -0.39 is 36.1 Å². The summed E-state index contributed by atoms with van der Waals surface area (Å²) in [7, 11) is 0. The average molecular weight is 386 g/mol. The van der Waals surface area contributed by atoms with Gasteiger partial charge in [0.05, 0.1) is 25.7 Å². The third-order valence-corrected chi connectivity index (χ3v) is 3.72. The maximum atomic E-state index is 12.1. The number of nitrogens with two attached hydrogens (primary N) is 1. The number of carbonyl (C=O) groups is 3. The van der Waals surface area contributed by atoms with Crippen LogP contribution < -0.4 is 21.7 Å². The topological polar surface area (TPSA) is 202 Å². The van der Waals surface area contributed by atoms with E-state index in [9.17, 15) is 19.5 Å². The van der Waals surface area contributed by atoms with E-state index in [-0.39, 0.29) is 24.2 Å². The van der Waals surface area contributed by atoms with Crippen LogP contribution in [-0.4, -0.2) is 70.2 Å². The monoisotopic (exact) mass is 386 g/mol. The number of amides is 3. The first kappa shape index (κ1) is 20.5. The molecule has 0 aromatic carbocycles. The molecule has 4 atom stereocenters. The van der Waals surface area contributed by atoms with E-state index in [1.54, 1.807) is 0 Å². The summed E-state index contributed by atoms with van der Waals surface area (Å²) in [6, 6.07) is -3.89. The van der Waals surface area contributed by atoms with Gasteiger partial charge in [-0.25, -0.2) is 9.59 Å². The van der Waals surface area contributed by atoms with Gasteiger partial charge in [0.1, 0.15) is 12.1 Å². The summed E-state index contributed by atoms with van der Waals surface area (Å²) in [6.07, 6.45) is -1.69. The Morgan fingerprint density at radius 2 is 2.11 bits per heavy atom. The molecule has 2 unspecified atom stereocenters. The summed E-state index contributed by atoms with van der Waals surface area (Å²) in [5.41, 5.74) is 5.19. The highest BCUT2D eigenvalue weighted by Gasteiger charge is 2.29. The molecule has 3 amide bonds. The van der Waals surface area contributed by atoms with E-state index >= 15 is 0 Å². The lowest BCUT2D eigenvalue weighted by molar-refractivity contribution is -0.141. The van der Waals surface area contributed by atoms with Crippen LogP contribution in [0.3, 0.4) is 0 Å². The largest absolute Gasteiger partial charge is 0.480 e. The van der Waals surface area contributed by atoms with Crippen LogP contribution in [0.2, 0.25) is 0 Å². The Morgan fingerprint density at radius 1 is 1.37 bits per heavy atom. The fourth-order valence-electron chi connectivity index (χ4n) is 2.38. The van der Waals surface area contributed by atoms with Crippen LogP contribution in [0.5, 0.6) is 0 Å². The lowest BCUT2D eigenvalue weighted by atomic mass is 10.2. The fourth-order valence-corrected chi connectivity index (χ4v) is 2.38. The number of urea groups is 1. The van der Waals surface area contributed by atoms with Crippen molar-refractivity contribution in [1.29, 1.82) is 0 Å². The number of rotatable bonds is 8. The summed E-state index contributed by atoms with van der Waals surface area (Å²) in [4.78, 5) is 34.4. The minimum Gasteiger partial charge on any atom is -0.480 e. The van der Waals surface area contributed by atoms with Crippen molar-refractivity contribution in [3.8, 4) is 0 Å². The highest BCUT2D eigenvalue weighted by Crippen LogP contribution is 2.20. The van der Waals surface area contributed by atoms with Crippen molar-refractivity contribution >= 4 is 17.9 Å². The molecule has 7 N–H and O–H groups in total. The molecule has 0 radical (unpaired) electrons. The predicted molar refractivity (Wildman–Crippen MR) is 87.2 cm³/mol. The van der Waals surface area contributed by atoms with E-state index in [1.807, 2.05) is 0 Å². The third-order valence-electron chi connectivity index (χ3n) is 3.72. The molecule has 0 saturated carbocycles. The Bertz CT molecular complexity index is 673. The number of hydrogen-bond acceptors (Lipinski definition) is 9. The molecule has 1 aliphatic heterocycles. The van der Waals surface area contributed by atoms with Gasteiger partial charge < -0.3 is 41.1 Å². The number of aliphatic hydroxyl groups is 1. The van der Waals surface area contributed by atoms with Crippen LogP contribution in [0.1, 0.15) is 37.2 Å². The summed E-state index contributed by atoms with van der Waals surface area (Å²) >= 11 is 0. The van der Waals surface area contributed by atoms with Crippen molar-refractivity contribution in [2.24, 2.45) is 5.73 Å². The first-order valence-electron chi connectivity index (χ1n) is 8.18. The Morgan fingerprint density at radius 3 is 2.67 bits per heavy atom. The van der Waals surface area contributed by atoms with Crippen molar-refractivity contribution in [2.45, 2.75) is 37.6 Å². The average Bonchev–Trinajstić information content (AvgIpc) is 3.09.